The number of hydrogen-bond donors (Lipinski definition) is 0. The molecule has 0 N–H and O–H groups in total. The molecule has 1 aromatic carbocycles. The number of carbonyl (C=O) groups excluding carboxylic acids is 1. The van der Waals surface area contributed by atoms with Gasteiger partial charge in [0.15, 0.2) is 0 Å². The molecular formula is C21H22N4O2. The lowest BCUT2D eigenvalue weighted by Gasteiger charge is -2.32. The molecule has 0 spiro atoms. The van der Waals surface area contributed by atoms with Crippen LogP contribution in [0.25, 0.3) is 5.69 Å². The summed E-state index contributed by atoms with van der Waals surface area (Å²) in [5, 5.41) is 0. The first-order chi connectivity index (χ1) is 13.2. The van der Waals surface area contributed by atoms with Crippen molar-refractivity contribution < 1.29 is 9.53 Å². The van der Waals surface area contributed by atoms with Crippen molar-refractivity contribution in [3.63, 3.8) is 0 Å². The van der Waals surface area contributed by atoms with Gasteiger partial charge in [-0.15, -0.1) is 0 Å². The van der Waals surface area contributed by atoms with E-state index in [1.165, 1.54) is 0 Å². The van der Waals surface area contributed by atoms with Gasteiger partial charge in [0.05, 0.1) is 0 Å². The van der Waals surface area contributed by atoms with E-state index in [9.17, 15) is 4.79 Å². The Morgan fingerprint density at radius 2 is 1.78 bits per heavy atom. The molecule has 1 amide bonds. The summed E-state index contributed by atoms with van der Waals surface area (Å²) in [6.45, 7) is 3.22. The second-order valence-corrected chi connectivity index (χ2v) is 6.69. The summed E-state index contributed by atoms with van der Waals surface area (Å²) in [4.78, 5) is 23.0. The van der Waals surface area contributed by atoms with Crippen molar-refractivity contribution in [1.82, 2.24) is 19.4 Å². The van der Waals surface area contributed by atoms with Gasteiger partial charge < -0.3 is 14.2 Å². The number of nitrogens with zero attached hydrogens (tertiary/aromatic N) is 4. The van der Waals surface area contributed by atoms with E-state index in [4.69, 9.17) is 4.74 Å². The average Bonchev–Trinajstić information content (AvgIpc) is 3.23. The summed E-state index contributed by atoms with van der Waals surface area (Å²) in [6, 6.07) is 13.5. The van der Waals surface area contributed by atoms with E-state index in [2.05, 4.69) is 9.97 Å². The van der Waals surface area contributed by atoms with Crippen LogP contribution in [0.4, 0.5) is 0 Å². The minimum absolute atomic E-state index is 0.0744. The highest BCUT2D eigenvalue weighted by Gasteiger charge is 2.25. The van der Waals surface area contributed by atoms with Crippen molar-refractivity contribution >= 4 is 5.91 Å². The number of piperidine rings is 1. The molecule has 3 heterocycles. The summed E-state index contributed by atoms with van der Waals surface area (Å²) in [6.07, 6.45) is 7.36. The van der Waals surface area contributed by atoms with E-state index in [-0.39, 0.29) is 12.0 Å². The number of carbonyl (C=O) groups is 1. The molecule has 0 atom stereocenters. The molecule has 4 rings (SSSR count). The van der Waals surface area contributed by atoms with E-state index in [0.717, 1.165) is 24.1 Å². The average molecular weight is 362 g/mol. The van der Waals surface area contributed by atoms with Crippen LogP contribution in [-0.2, 0) is 0 Å². The lowest BCUT2D eigenvalue weighted by atomic mass is 10.1. The number of aryl methyl sites for hydroxylation is 1. The fraction of sp³-hybridized carbons (Fsp3) is 0.286. The summed E-state index contributed by atoms with van der Waals surface area (Å²) in [5.41, 5.74) is 1.76. The quantitative estimate of drug-likeness (QED) is 0.715. The monoisotopic (exact) mass is 362 g/mol. The van der Waals surface area contributed by atoms with Crippen molar-refractivity contribution in [1.29, 1.82) is 0 Å². The molecule has 1 aliphatic rings. The Morgan fingerprint density at radius 1 is 1.07 bits per heavy atom. The zero-order chi connectivity index (χ0) is 18.6. The fourth-order valence-electron chi connectivity index (χ4n) is 3.31. The Kier molecular flexibility index (Phi) is 4.87. The maximum absolute atomic E-state index is 12.8. The zero-order valence-electron chi connectivity index (χ0n) is 15.3. The molecule has 0 bridgehead atoms. The van der Waals surface area contributed by atoms with Crippen molar-refractivity contribution in [2.24, 2.45) is 0 Å². The van der Waals surface area contributed by atoms with E-state index < -0.39 is 0 Å². The van der Waals surface area contributed by atoms with Crippen molar-refractivity contribution in [2.75, 3.05) is 13.1 Å². The third-order valence-corrected chi connectivity index (χ3v) is 4.78. The number of benzene rings is 1. The van der Waals surface area contributed by atoms with Crippen LogP contribution in [0.15, 0.2) is 61.1 Å². The number of amides is 1. The topological polar surface area (TPSA) is 60.2 Å². The largest absolute Gasteiger partial charge is 0.474 e. The van der Waals surface area contributed by atoms with Crippen LogP contribution in [0.2, 0.25) is 0 Å². The van der Waals surface area contributed by atoms with Gasteiger partial charge in [0, 0.05) is 61.8 Å². The highest BCUT2D eigenvalue weighted by atomic mass is 16.5. The molecule has 2 aromatic heterocycles. The number of ether oxygens (including phenoxy) is 1. The van der Waals surface area contributed by atoms with Crippen LogP contribution < -0.4 is 4.74 Å². The summed E-state index contributed by atoms with van der Waals surface area (Å²) < 4.78 is 7.95. The molecule has 27 heavy (non-hydrogen) atoms. The highest BCUT2D eigenvalue weighted by Crippen LogP contribution is 2.19. The summed E-state index contributed by atoms with van der Waals surface area (Å²) >= 11 is 0. The van der Waals surface area contributed by atoms with Gasteiger partial charge in [-0.1, -0.05) is 0 Å². The van der Waals surface area contributed by atoms with Crippen LogP contribution >= 0.6 is 0 Å². The van der Waals surface area contributed by atoms with Gasteiger partial charge in [-0.25, -0.2) is 4.98 Å². The van der Waals surface area contributed by atoms with Crippen LogP contribution in [0.5, 0.6) is 5.88 Å². The minimum Gasteiger partial charge on any atom is -0.474 e. The molecule has 138 valence electrons. The minimum atomic E-state index is 0.0744. The van der Waals surface area contributed by atoms with Gasteiger partial charge >= 0.3 is 0 Å². The van der Waals surface area contributed by atoms with Gasteiger partial charge in [-0.2, -0.15) is 4.98 Å². The predicted octanol–water partition coefficient (Wildman–Crippen LogP) is 3.26. The maximum atomic E-state index is 12.8. The predicted molar refractivity (Wildman–Crippen MR) is 102 cm³/mol. The van der Waals surface area contributed by atoms with Crippen molar-refractivity contribution in [3.8, 4) is 11.6 Å². The molecule has 6 heteroatoms. The third-order valence-electron chi connectivity index (χ3n) is 4.78. The molecule has 0 radical (unpaired) electrons. The third kappa shape index (κ3) is 4.00. The Morgan fingerprint density at radius 3 is 2.44 bits per heavy atom. The fourth-order valence-corrected chi connectivity index (χ4v) is 3.31. The van der Waals surface area contributed by atoms with Crippen molar-refractivity contribution in [2.45, 2.75) is 25.9 Å². The Bertz CT molecular complexity index is 898. The number of aromatic nitrogens is 3. The van der Waals surface area contributed by atoms with E-state index in [1.54, 1.807) is 12.3 Å². The number of rotatable bonds is 4. The van der Waals surface area contributed by atoms with Crippen LogP contribution in [0.3, 0.4) is 0 Å². The number of likely N-dealkylation sites (tertiary alicyclic amines) is 1. The molecule has 0 aliphatic carbocycles. The summed E-state index contributed by atoms with van der Waals surface area (Å²) in [7, 11) is 0. The van der Waals surface area contributed by atoms with Gasteiger partial charge in [0.1, 0.15) is 11.9 Å². The molecule has 1 saturated heterocycles. The molecular weight excluding hydrogens is 340 g/mol. The maximum Gasteiger partial charge on any atom is 0.253 e. The zero-order valence-corrected chi connectivity index (χ0v) is 15.3. The number of hydrogen-bond acceptors (Lipinski definition) is 4. The first kappa shape index (κ1) is 17.3. The lowest BCUT2D eigenvalue weighted by molar-refractivity contribution is 0.0587. The second kappa shape index (κ2) is 7.61. The van der Waals surface area contributed by atoms with Crippen LogP contribution in [0, 0.1) is 6.92 Å². The Balaban J connectivity index is 1.34. The second-order valence-electron chi connectivity index (χ2n) is 6.69. The van der Waals surface area contributed by atoms with Gasteiger partial charge in [0.2, 0.25) is 5.88 Å². The highest BCUT2D eigenvalue weighted by molar-refractivity contribution is 5.94. The SMILES string of the molecule is Cc1nccc(OC2CCN(C(=O)c3ccc(-n4cccc4)cc3)CC2)n1. The Hall–Kier alpha value is -3.15. The van der Waals surface area contributed by atoms with Crippen molar-refractivity contribution in [3.05, 3.63) is 72.4 Å². The lowest BCUT2D eigenvalue weighted by Crippen LogP contribution is -2.41. The molecule has 1 aliphatic heterocycles. The molecule has 6 nitrogen and oxygen atoms in total. The van der Waals surface area contributed by atoms with Crippen LogP contribution in [-0.4, -0.2) is 44.5 Å². The first-order valence-electron chi connectivity index (χ1n) is 9.18. The molecule has 3 aromatic rings. The normalized spacial score (nSPS) is 14.9. The van der Waals surface area contributed by atoms with Gasteiger partial charge in [0.25, 0.3) is 5.91 Å². The Labute approximate surface area is 158 Å². The molecule has 1 fully saturated rings. The standard InChI is InChI=1S/C21H22N4O2/c1-16-22-11-8-20(23-16)27-19-9-14-25(15-10-19)21(26)17-4-6-18(7-5-17)24-12-2-3-13-24/h2-8,11-13,19H,9-10,14-15H2,1H3. The van der Waals surface area contributed by atoms with Gasteiger partial charge in [-0.05, 0) is 43.3 Å². The molecule has 0 saturated carbocycles. The van der Waals surface area contributed by atoms with E-state index >= 15 is 0 Å². The van der Waals surface area contributed by atoms with Crippen LogP contribution in [0.1, 0.15) is 29.0 Å². The van der Waals surface area contributed by atoms with E-state index in [1.807, 2.05) is 65.2 Å². The molecule has 0 unspecified atom stereocenters. The first-order valence-corrected chi connectivity index (χ1v) is 9.18. The van der Waals surface area contributed by atoms with Gasteiger partial charge in [-0.3, -0.25) is 4.79 Å². The summed E-state index contributed by atoms with van der Waals surface area (Å²) in [5.74, 6) is 1.38. The smallest absolute Gasteiger partial charge is 0.253 e. The van der Waals surface area contributed by atoms with E-state index in [0.29, 0.717) is 24.8 Å².